The quantitative estimate of drug-likeness (QED) is 0.465. The van der Waals surface area contributed by atoms with E-state index in [1.54, 1.807) is 0 Å². The third kappa shape index (κ3) is 1.50. The number of Topliss-reactive ketones (excluding diaryl/α,β-unsaturated/α-hetero) is 1. The van der Waals surface area contributed by atoms with E-state index in [0.29, 0.717) is 19.4 Å². The molecule has 1 aliphatic heterocycles. The topological polar surface area (TPSA) is 46.6 Å². The second-order valence-corrected chi connectivity index (χ2v) is 1.85. The molecule has 0 radical (unpaired) electrons. The third-order valence-corrected chi connectivity index (χ3v) is 1.18. The predicted octanol–water partition coefficient (Wildman–Crippen LogP) is -0.651. The summed E-state index contributed by atoms with van der Waals surface area (Å²) in [5, 5.41) is 1.34. The molecule has 50 valence electrons. The van der Waals surface area contributed by atoms with Crippen LogP contribution in [0.2, 0.25) is 0 Å². The molecule has 0 aliphatic carbocycles. The summed E-state index contributed by atoms with van der Waals surface area (Å²) in [6.07, 6.45) is 0.494. The summed E-state index contributed by atoms with van der Waals surface area (Å²) in [6, 6.07) is 0. The SMILES string of the molecule is O=CON1CCC(=O)C1. The van der Waals surface area contributed by atoms with Crippen LogP contribution in [0.25, 0.3) is 0 Å². The van der Waals surface area contributed by atoms with Gasteiger partial charge in [0.2, 0.25) is 0 Å². The molecule has 0 spiro atoms. The van der Waals surface area contributed by atoms with Gasteiger partial charge in [-0.25, -0.2) is 0 Å². The van der Waals surface area contributed by atoms with Crippen molar-refractivity contribution in [2.24, 2.45) is 0 Å². The lowest BCUT2D eigenvalue weighted by Gasteiger charge is -2.06. The van der Waals surface area contributed by atoms with Crippen LogP contribution in [0.1, 0.15) is 6.42 Å². The number of nitrogens with zero attached hydrogens (tertiary/aromatic N) is 1. The van der Waals surface area contributed by atoms with Crippen molar-refractivity contribution < 1.29 is 14.4 Å². The highest BCUT2D eigenvalue weighted by molar-refractivity contribution is 5.82. The van der Waals surface area contributed by atoms with Crippen LogP contribution in [-0.4, -0.2) is 30.4 Å². The zero-order valence-electron chi connectivity index (χ0n) is 4.87. The molecule has 0 amide bonds. The molecular formula is C5H7NO3. The highest BCUT2D eigenvalue weighted by Crippen LogP contribution is 2.02. The monoisotopic (exact) mass is 129 g/mol. The van der Waals surface area contributed by atoms with Gasteiger partial charge in [-0.05, 0) is 0 Å². The van der Waals surface area contributed by atoms with Crippen LogP contribution in [0, 0.1) is 0 Å². The molecule has 4 heteroatoms. The maximum absolute atomic E-state index is 10.5. The normalized spacial score (nSPS) is 20.2. The Kier molecular flexibility index (Phi) is 1.79. The summed E-state index contributed by atoms with van der Waals surface area (Å²) >= 11 is 0. The van der Waals surface area contributed by atoms with Gasteiger partial charge in [-0.1, -0.05) is 0 Å². The smallest absolute Gasteiger partial charge is 0.313 e. The highest BCUT2D eigenvalue weighted by atomic mass is 16.7. The highest BCUT2D eigenvalue weighted by Gasteiger charge is 2.19. The molecule has 0 bridgehead atoms. The summed E-state index contributed by atoms with van der Waals surface area (Å²) in [5.41, 5.74) is 0. The van der Waals surface area contributed by atoms with Gasteiger partial charge >= 0.3 is 6.47 Å². The van der Waals surface area contributed by atoms with Gasteiger partial charge in [-0.2, -0.15) is 0 Å². The molecule has 9 heavy (non-hydrogen) atoms. The molecule has 0 saturated carbocycles. The van der Waals surface area contributed by atoms with Crippen molar-refractivity contribution in [3.05, 3.63) is 0 Å². The molecule has 0 aromatic carbocycles. The van der Waals surface area contributed by atoms with Crippen LogP contribution in [0.3, 0.4) is 0 Å². The van der Waals surface area contributed by atoms with Crippen molar-refractivity contribution in [3.8, 4) is 0 Å². The Balaban J connectivity index is 2.29. The minimum Gasteiger partial charge on any atom is -0.370 e. The Labute approximate surface area is 52.3 Å². The van der Waals surface area contributed by atoms with Crippen molar-refractivity contribution in [2.45, 2.75) is 6.42 Å². The van der Waals surface area contributed by atoms with E-state index < -0.39 is 0 Å². The van der Waals surface area contributed by atoms with E-state index in [-0.39, 0.29) is 12.3 Å². The summed E-state index contributed by atoms with van der Waals surface area (Å²) in [6.45, 7) is 1.12. The van der Waals surface area contributed by atoms with Crippen molar-refractivity contribution in [1.82, 2.24) is 5.06 Å². The fraction of sp³-hybridized carbons (Fsp3) is 0.600. The third-order valence-electron chi connectivity index (χ3n) is 1.18. The van der Waals surface area contributed by atoms with Gasteiger partial charge in [0.15, 0.2) is 5.78 Å². The first-order valence-corrected chi connectivity index (χ1v) is 2.70. The van der Waals surface area contributed by atoms with Crippen molar-refractivity contribution in [3.63, 3.8) is 0 Å². The average Bonchev–Trinajstić information content (AvgIpc) is 2.17. The van der Waals surface area contributed by atoms with Crippen molar-refractivity contribution >= 4 is 12.3 Å². The van der Waals surface area contributed by atoms with E-state index in [0.717, 1.165) is 0 Å². The van der Waals surface area contributed by atoms with Gasteiger partial charge < -0.3 is 4.84 Å². The second-order valence-electron chi connectivity index (χ2n) is 1.85. The molecule has 0 N–H and O–H groups in total. The molecule has 1 saturated heterocycles. The van der Waals surface area contributed by atoms with Crippen molar-refractivity contribution in [1.29, 1.82) is 0 Å². The average molecular weight is 129 g/mol. The number of rotatable bonds is 2. The standard InChI is InChI=1S/C5H7NO3/c7-4-9-6-2-1-5(8)3-6/h4H,1-3H2. The van der Waals surface area contributed by atoms with Crippen LogP contribution in [0.5, 0.6) is 0 Å². The van der Waals surface area contributed by atoms with Gasteiger partial charge in [0.05, 0.1) is 6.54 Å². The number of hydrogen-bond donors (Lipinski definition) is 0. The number of hydroxylamine groups is 2. The lowest BCUT2D eigenvalue weighted by Crippen LogP contribution is -2.20. The van der Waals surface area contributed by atoms with E-state index in [9.17, 15) is 9.59 Å². The maximum Gasteiger partial charge on any atom is 0.313 e. The van der Waals surface area contributed by atoms with E-state index in [1.807, 2.05) is 0 Å². The molecule has 1 heterocycles. The van der Waals surface area contributed by atoms with E-state index in [4.69, 9.17) is 0 Å². The molecule has 0 aromatic heterocycles. The first kappa shape index (κ1) is 6.22. The molecule has 1 fully saturated rings. The minimum atomic E-state index is 0.122. The minimum absolute atomic E-state index is 0.122. The van der Waals surface area contributed by atoms with Crippen LogP contribution in [-0.2, 0) is 14.4 Å². The van der Waals surface area contributed by atoms with Gasteiger partial charge in [-0.15, -0.1) is 5.06 Å². The van der Waals surface area contributed by atoms with Crippen molar-refractivity contribution in [2.75, 3.05) is 13.1 Å². The Morgan fingerprint density at radius 1 is 1.67 bits per heavy atom. The first-order valence-electron chi connectivity index (χ1n) is 2.70. The molecule has 0 atom stereocenters. The zero-order valence-corrected chi connectivity index (χ0v) is 4.87. The summed E-state index contributed by atoms with van der Waals surface area (Å²) < 4.78 is 0. The van der Waals surface area contributed by atoms with Gasteiger partial charge in [0.1, 0.15) is 0 Å². The Bertz CT molecular complexity index is 134. The van der Waals surface area contributed by atoms with Crippen LogP contribution >= 0.6 is 0 Å². The van der Waals surface area contributed by atoms with Crippen LogP contribution < -0.4 is 0 Å². The summed E-state index contributed by atoms with van der Waals surface area (Å²) in [4.78, 5) is 24.6. The molecular weight excluding hydrogens is 122 g/mol. The molecule has 1 rings (SSSR count). The molecule has 1 aliphatic rings. The fourth-order valence-corrected chi connectivity index (χ4v) is 0.755. The Morgan fingerprint density at radius 2 is 2.44 bits per heavy atom. The lowest BCUT2D eigenvalue weighted by atomic mass is 10.4. The van der Waals surface area contributed by atoms with Crippen LogP contribution in [0.4, 0.5) is 0 Å². The van der Waals surface area contributed by atoms with Gasteiger partial charge in [0.25, 0.3) is 0 Å². The van der Waals surface area contributed by atoms with Gasteiger partial charge in [-0.3, -0.25) is 9.59 Å². The maximum atomic E-state index is 10.5. The van der Waals surface area contributed by atoms with E-state index >= 15 is 0 Å². The predicted molar refractivity (Wildman–Crippen MR) is 28.3 cm³/mol. The van der Waals surface area contributed by atoms with E-state index in [2.05, 4.69) is 4.84 Å². The number of carbonyl (C=O) groups excluding carboxylic acids is 2. The molecule has 4 nitrogen and oxygen atoms in total. The van der Waals surface area contributed by atoms with Crippen LogP contribution in [0.15, 0.2) is 0 Å². The Morgan fingerprint density at radius 3 is 2.89 bits per heavy atom. The number of hydrogen-bond acceptors (Lipinski definition) is 4. The summed E-state index contributed by atoms with van der Waals surface area (Å²) in [5.74, 6) is 0.122. The number of carbonyl (C=O) groups is 2. The number of ketones is 1. The molecule has 0 aromatic rings. The second kappa shape index (κ2) is 2.59. The first-order chi connectivity index (χ1) is 4.33. The van der Waals surface area contributed by atoms with E-state index in [1.165, 1.54) is 5.06 Å². The zero-order chi connectivity index (χ0) is 6.69. The lowest BCUT2D eigenvalue weighted by molar-refractivity contribution is -0.168. The fourth-order valence-electron chi connectivity index (χ4n) is 0.755. The summed E-state index contributed by atoms with van der Waals surface area (Å²) in [7, 11) is 0. The van der Waals surface area contributed by atoms with Gasteiger partial charge in [0, 0.05) is 13.0 Å². The largest absolute Gasteiger partial charge is 0.370 e. The molecule has 0 unspecified atom stereocenters. The Hall–Kier alpha value is -0.900.